The van der Waals surface area contributed by atoms with Crippen molar-refractivity contribution in [2.24, 2.45) is 11.8 Å². The summed E-state index contributed by atoms with van der Waals surface area (Å²) in [5, 5.41) is 36.7. The van der Waals surface area contributed by atoms with Gasteiger partial charge in [-0.15, -0.1) is 0 Å². The van der Waals surface area contributed by atoms with Gasteiger partial charge in [0, 0.05) is 41.8 Å². The van der Waals surface area contributed by atoms with Crippen molar-refractivity contribution in [2.45, 2.75) is 18.0 Å². The predicted molar refractivity (Wildman–Crippen MR) is 150 cm³/mol. The lowest BCUT2D eigenvalue weighted by atomic mass is 9.76. The average Bonchev–Trinajstić information content (AvgIpc) is 3.43. The molecule has 3 aromatic carbocycles. The number of nitrogens with one attached hydrogen (secondary N) is 1. The summed E-state index contributed by atoms with van der Waals surface area (Å²) in [6.07, 6.45) is 2.99. The third kappa shape index (κ3) is 5.01. The Balaban J connectivity index is 1.59. The standard InChI is InChI=1S/C29H23ClN4O8/c30-19-10-13-22(34(41)42)21(15-19)25-23-24(27(36)32(26(23)35)14-4-7-17-5-2-1-3-6-17)29(31-25,28(37)38)16-18-8-11-20(12-9-18)33(39)40/h1-13,15,23-25,31H,14,16H2,(H,37,38). The van der Waals surface area contributed by atoms with Gasteiger partial charge in [0.25, 0.3) is 11.4 Å². The first-order valence-corrected chi connectivity index (χ1v) is 13.2. The highest BCUT2D eigenvalue weighted by molar-refractivity contribution is 6.30. The van der Waals surface area contributed by atoms with Crippen LogP contribution in [0.5, 0.6) is 0 Å². The molecule has 0 spiro atoms. The molecular formula is C29H23ClN4O8. The zero-order chi connectivity index (χ0) is 30.2. The highest BCUT2D eigenvalue weighted by atomic mass is 35.5. The largest absolute Gasteiger partial charge is 0.480 e. The Kier molecular flexibility index (Phi) is 7.59. The van der Waals surface area contributed by atoms with Gasteiger partial charge in [0.1, 0.15) is 5.54 Å². The van der Waals surface area contributed by atoms with Crippen LogP contribution < -0.4 is 5.32 Å². The van der Waals surface area contributed by atoms with E-state index < -0.39 is 56.7 Å². The molecule has 2 aliphatic heterocycles. The molecule has 42 heavy (non-hydrogen) atoms. The number of likely N-dealkylation sites (tertiary alicyclic amines) is 1. The van der Waals surface area contributed by atoms with Gasteiger partial charge in [0.15, 0.2) is 0 Å². The van der Waals surface area contributed by atoms with E-state index in [9.17, 15) is 39.7 Å². The molecular weight excluding hydrogens is 568 g/mol. The second-order valence-electron chi connectivity index (χ2n) is 10.1. The number of benzene rings is 3. The number of hydrogen-bond donors (Lipinski definition) is 2. The lowest BCUT2D eigenvalue weighted by molar-refractivity contribution is -0.385. The van der Waals surface area contributed by atoms with E-state index in [2.05, 4.69) is 5.32 Å². The highest BCUT2D eigenvalue weighted by Crippen LogP contribution is 2.51. The quantitative estimate of drug-likeness (QED) is 0.210. The van der Waals surface area contributed by atoms with Gasteiger partial charge < -0.3 is 5.11 Å². The number of carboxylic acids is 1. The number of nitro groups is 2. The van der Waals surface area contributed by atoms with Crippen LogP contribution in [0.25, 0.3) is 6.08 Å². The molecule has 12 nitrogen and oxygen atoms in total. The Hall–Kier alpha value is -4.94. The summed E-state index contributed by atoms with van der Waals surface area (Å²) < 4.78 is 0. The number of carboxylic acid groups (broad SMARTS) is 1. The Morgan fingerprint density at radius 1 is 1.00 bits per heavy atom. The summed E-state index contributed by atoms with van der Waals surface area (Å²) in [6.45, 7) is -0.142. The maximum Gasteiger partial charge on any atom is 0.325 e. The molecule has 3 aromatic rings. The van der Waals surface area contributed by atoms with E-state index in [-0.39, 0.29) is 29.2 Å². The van der Waals surface area contributed by atoms with Gasteiger partial charge in [0.05, 0.1) is 27.7 Å². The summed E-state index contributed by atoms with van der Waals surface area (Å²) in [6, 6.07) is 16.8. The minimum Gasteiger partial charge on any atom is -0.480 e. The van der Waals surface area contributed by atoms with Crippen LogP contribution in [0, 0.1) is 32.1 Å². The van der Waals surface area contributed by atoms with Crippen molar-refractivity contribution in [3.8, 4) is 0 Å². The highest BCUT2D eigenvalue weighted by Gasteiger charge is 2.68. The molecule has 0 aliphatic carbocycles. The van der Waals surface area contributed by atoms with E-state index in [1.54, 1.807) is 12.2 Å². The molecule has 214 valence electrons. The number of nitrogens with zero attached hydrogens (tertiary/aromatic N) is 3. The maximum atomic E-state index is 13.9. The predicted octanol–water partition coefficient (Wildman–Crippen LogP) is 4.18. The number of aliphatic carboxylic acids is 1. The molecule has 0 radical (unpaired) electrons. The first-order valence-electron chi connectivity index (χ1n) is 12.8. The Labute approximate surface area is 243 Å². The fourth-order valence-corrected chi connectivity index (χ4v) is 5.98. The number of hydrogen-bond acceptors (Lipinski definition) is 8. The van der Waals surface area contributed by atoms with Gasteiger partial charge in [0.2, 0.25) is 11.8 Å². The molecule has 2 saturated heterocycles. The molecule has 13 heteroatoms. The third-order valence-corrected chi connectivity index (χ3v) is 7.91. The summed E-state index contributed by atoms with van der Waals surface area (Å²) in [5.74, 6) is -5.61. The van der Waals surface area contributed by atoms with Crippen molar-refractivity contribution in [3.63, 3.8) is 0 Å². The summed E-state index contributed by atoms with van der Waals surface area (Å²) in [7, 11) is 0. The van der Waals surface area contributed by atoms with Crippen LogP contribution in [0.3, 0.4) is 0 Å². The minimum absolute atomic E-state index is 0.0304. The van der Waals surface area contributed by atoms with Gasteiger partial charge in [-0.2, -0.15) is 0 Å². The van der Waals surface area contributed by atoms with Crippen molar-refractivity contribution >= 4 is 46.8 Å². The van der Waals surface area contributed by atoms with E-state index in [4.69, 9.17) is 11.6 Å². The fraction of sp³-hybridized carbons (Fsp3) is 0.207. The van der Waals surface area contributed by atoms with E-state index in [0.717, 1.165) is 16.5 Å². The van der Waals surface area contributed by atoms with Crippen LogP contribution >= 0.6 is 11.6 Å². The minimum atomic E-state index is -2.08. The first kappa shape index (κ1) is 28.6. The third-order valence-electron chi connectivity index (χ3n) is 7.68. The van der Waals surface area contributed by atoms with Crippen molar-refractivity contribution in [1.29, 1.82) is 0 Å². The number of halogens is 1. The maximum absolute atomic E-state index is 13.9. The topological polar surface area (TPSA) is 173 Å². The zero-order valence-electron chi connectivity index (χ0n) is 21.8. The van der Waals surface area contributed by atoms with Gasteiger partial charge in [-0.05, 0) is 23.3 Å². The molecule has 2 fully saturated rings. The van der Waals surface area contributed by atoms with Crippen LogP contribution in [-0.2, 0) is 20.8 Å². The van der Waals surface area contributed by atoms with E-state index in [1.165, 1.54) is 36.4 Å². The van der Waals surface area contributed by atoms with Crippen molar-refractivity contribution < 1.29 is 29.3 Å². The molecule has 2 aliphatic rings. The van der Waals surface area contributed by atoms with Crippen LogP contribution in [-0.4, -0.2) is 49.7 Å². The molecule has 2 amide bonds. The van der Waals surface area contributed by atoms with E-state index >= 15 is 0 Å². The number of carbonyl (C=O) groups is 3. The summed E-state index contributed by atoms with van der Waals surface area (Å²) >= 11 is 6.17. The molecule has 4 unspecified atom stereocenters. The fourth-order valence-electron chi connectivity index (χ4n) is 5.80. The normalized spacial score (nSPS) is 23.4. The summed E-state index contributed by atoms with van der Waals surface area (Å²) in [4.78, 5) is 63.5. The monoisotopic (exact) mass is 590 g/mol. The van der Waals surface area contributed by atoms with Crippen LogP contribution in [0.4, 0.5) is 11.4 Å². The molecule has 2 N–H and O–H groups in total. The second-order valence-corrected chi connectivity index (χ2v) is 10.5. The van der Waals surface area contributed by atoms with Crippen LogP contribution in [0.1, 0.15) is 22.7 Å². The first-order chi connectivity index (χ1) is 20.0. The number of imide groups is 1. The molecule has 5 rings (SSSR count). The Morgan fingerprint density at radius 2 is 1.69 bits per heavy atom. The Morgan fingerprint density at radius 3 is 2.31 bits per heavy atom. The molecule has 0 bridgehead atoms. The van der Waals surface area contributed by atoms with Gasteiger partial charge >= 0.3 is 5.97 Å². The number of fused-ring (bicyclic) bond motifs is 1. The van der Waals surface area contributed by atoms with Crippen molar-refractivity contribution in [2.75, 3.05) is 6.54 Å². The van der Waals surface area contributed by atoms with Crippen molar-refractivity contribution in [1.82, 2.24) is 10.2 Å². The average molecular weight is 591 g/mol. The van der Waals surface area contributed by atoms with Gasteiger partial charge in [-0.3, -0.25) is 44.8 Å². The van der Waals surface area contributed by atoms with Crippen LogP contribution in [0.2, 0.25) is 5.02 Å². The second kappa shape index (κ2) is 11.1. The van der Waals surface area contributed by atoms with E-state index in [1.807, 2.05) is 30.3 Å². The number of amides is 2. The molecule has 0 aromatic heterocycles. The summed E-state index contributed by atoms with van der Waals surface area (Å²) in [5.41, 5.74) is -1.54. The molecule has 4 atom stereocenters. The van der Waals surface area contributed by atoms with Crippen molar-refractivity contribution in [3.05, 3.63) is 121 Å². The smallest absolute Gasteiger partial charge is 0.325 e. The lowest BCUT2D eigenvalue weighted by Gasteiger charge is -2.31. The lowest BCUT2D eigenvalue weighted by Crippen LogP contribution is -2.57. The number of carbonyl (C=O) groups excluding carboxylic acids is 2. The molecule has 0 saturated carbocycles. The number of rotatable bonds is 9. The number of non-ortho nitro benzene ring substituents is 1. The number of nitro benzene ring substituents is 2. The SMILES string of the molecule is O=C1C2C(c3cc(Cl)ccc3[N+](=O)[O-])NC(Cc3ccc([N+](=O)[O-])cc3)(C(=O)O)C2C(=O)N1CC=Cc1ccccc1. The van der Waals surface area contributed by atoms with Gasteiger partial charge in [-0.1, -0.05) is 66.2 Å². The van der Waals surface area contributed by atoms with Crippen LogP contribution in [0.15, 0.2) is 78.9 Å². The van der Waals surface area contributed by atoms with E-state index in [0.29, 0.717) is 5.56 Å². The van der Waals surface area contributed by atoms with Gasteiger partial charge in [-0.25, -0.2) is 0 Å². The molecule has 2 heterocycles. The Bertz CT molecular complexity index is 1630. The zero-order valence-corrected chi connectivity index (χ0v) is 22.5.